The zero-order valence-corrected chi connectivity index (χ0v) is 13.1. The van der Waals surface area contributed by atoms with Gasteiger partial charge in [-0.25, -0.2) is 0 Å². The van der Waals surface area contributed by atoms with Crippen molar-refractivity contribution in [2.75, 3.05) is 25.0 Å². The summed E-state index contributed by atoms with van der Waals surface area (Å²) in [4.78, 5) is 14.2. The van der Waals surface area contributed by atoms with Crippen LogP contribution in [0.4, 0.5) is 5.13 Å². The van der Waals surface area contributed by atoms with Gasteiger partial charge >= 0.3 is 0 Å². The minimum absolute atomic E-state index is 0.0370. The fraction of sp³-hybridized carbons (Fsp3) is 0.786. The number of rotatable bonds is 5. The summed E-state index contributed by atoms with van der Waals surface area (Å²) in [6.45, 7) is 4.12. The third-order valence-corrected chi connectivity index (χ3v) is 5.30. The van der Waals surface area contributed by atoms with E-state index in [1.807, 2.05) is 0 Å². The highest BCUT2D eigenvalue weighted by molar-refractivity contribution is 7.15. The summed E-state index contributed by atoms with van der Waals surface area (Å²) in [5.74, 6) is 0.647. The molecule has 1 aliphatic heterocycles. The maximum absolute atomic E-state index is 12.1. The molecule has 0 aromatic carbocycles. The van der Waals surface area contributed by atoms with E-state index in [9.17, 15) is 9.90 Å². The predicted molar refractivity (Wildman–Crippen MR) is 81.2 cm³/mol. The summed E-state index contributed by atoms with van der Waals surface area (Å²) in [6.07, 6.45) is 3.94. The normalized spacial score (nSPS) is 28.8. The van der Waals surface area contributed by atoms with Crippen molar-refractivity contribution in [3.8, 4) is 0 Å². The Kier molecular flexibility index (Phi) is 4.51. The lowest BCUT2D eigenvalue weighted by atomic mass is 9.95. The van der Waals surface area contributed by atoms with E-state index in [0.29, 0.717) is 23.5 Å². The van der Waals surface area contributed by atoms with Crippen LogP contribution >= 0.6 is 11.3 Å². The molecule has 3 atom stereocenters. The summed E-state index contributed by atoms with van der Waals surface area (Å²) in [6, 6.07) is 0. The summed E-state index contributed by atoms with van der Waals surface area (Å²) in [5, 5.41) is 22.4. The van der Waals surface area contributed by atoms with Gasteiger partial charge in [-0.15, -0.1) is 10.2 Å². The van der Waals surface area contributed by atoms with Gasteiger partial charge in [0.1, 0.15) is 5.01 Å². The zero-order chi connectivity index (χ0) is 14.8. The second-order valence-corrected chi connectivity index (χ2v) is 7.14. The van der Waals surface area contributed by atoms with Crippen molar-refractivity contribution in [2.45, 2.75) is 38.7 Å². The molecule has 1 aromatic heterocycles. The number of aliphatic hydroxyl groups is 1. The van der Waals surface area contributed by atoms with Crippen LogP contribution in [0.2, 0.25) is 0 Å². The highest BCUT2D eigenvalue weighted by Crippen LogP contribution is 2.36. The van der Waals surface area contributed by atoms with Gasteiger partial charge < -0.3 is 5.11 Å². The third-order valence-electron chi connectivity index (χ3n) is 4.40. The number of carbonyl (C=O) groups is 1. The van der Waals surface area contributed by atoms with Gasteiger partial charge in [0, 0.05) is 19.5 Å². The van der Waals surface area contributed by atoms with Gasteiger partial charge in [-0.3, -0.25) is 15.0 Å². The average molecular weight is 310 g/mol. The van der Waals surface area contributed by atoms with E-state index in [1.54, 1.807) is 0 Å². The van der Waals surface area contributed by atoms with Crippen molar-refractivity contribution in [3.63, 3.8) is 0 Å². The smallest absolute Gasteiger partial charge is 0.240 e. The topological polar surface area (TPSA) is 78.4 Å². The van der Waals surface area contributed by atoms with Crippen LogP contribution in [0.15, 0.2) is 0 Å². The van der Waals surface area contributed by atoms with Crippen LogP contribution in [-0.2, 0) is 11.2 Å². The van der Waals surface area contributed by atoms with Gasteiger partial charge in [-0.1, -0.05) is 18.3 Å². The molecule has 1 saturated heterocycles. The monoisotopic (exact) mass is 310 g/mol. The fourth-order valence-corrected chi connectivity index (χ4v) is 4.26. The number of nitrogens with one attached hydrogen (secondary N) is 1. The van der Waals surface area contributed by atoms with Gasteiger partial charge in [0.2, 0.25) is 11.0 Å². The quantitative estimate of drug-likeness (QED) is 0.852. The number of anilines is 1. The number of aryl methyl sites for hydroxylation is 1. The Hall–Kier alpha value is -1.05. The first-order valence-electron chi connectivity index (χ1n) is 7.68. The van der Waals surface area contributed by atoms with Gasteiger partial charge in [0.25, 0.3) is 0 Å². The lowest BCUT2D eigenvalue weighted by Crippen LogP contribution is -2.47. The molecule has 2 N–H and O–H groups in total. The van der Waals surface area contributed by atoms with Crippen molar-refractivity contribution in [1.29, 1.82) is 0 Å². The van der Waals surface area contributed by atoms with Gasteiger partial charge in [-0.2, -0.15) is 0 Å². The van der Waals surface area contributed by atoms with E-state index in [0.717, 1.165) is 43.8 Å². The van der Waals surface area contributed by atoms with Crippen molar-refractivity contribution >= 4 is 22.4 Å². The predicted octanol–water partition coefficient (Wildman–Crippen LogP) is 1.13. The molecule has 2 bridgehead atoms. The van der Waals surface area contributed by atoms with Crippen LogP contribution < -0.4 is 5.32 Å². The molecule has 1 unspecified atom stereocenters. The molecule has 21 heavy (non-hydrogen) atoms. The Labute approximate surface area is 128 Å². The number of amides is 1. The molecule has 0 radical (unpaired) electrons. The number of carbonyl (C=O) groups excluding carboxylic acids is 1. The van der Waals surface area contributed by atoms with Crippen LogP contribution in [0.3, 0.4) is 0 Å². The van der Waals surface area contributed by atoms with E-state index in [1.165, 1.54) is 11.3 Å². The molecule has 1 aliphatic carbocycles. The molecule has 1 saturated carbocycles. The number of aromatic nitrogens is 2. The Bertz CT molecular complexity index is 493. The standard InChI is InChI=1S/C14H22N4O2S/c1-2-3-12-16-17-14(21-12)15-11(19)8-18-6-9-4-5-10(7-18)13(9)20/h9-10,13,20H,2-8H2,1H3,(H,15,17,19)/t9-,10+,13?. The minimum Gasteiger partial charge on any atom is -0.392 e. The van der Waals surface area contributed by atoms with Gasteiger partial charge in [-0.05, 0) is 31.1 Å². The van der Waals surface area contributed by atoms with Crippen molar-refractivity contribution < 1.29 is 9.90 Å². The molecular weight excluding hydrogens is 288 g/mol. The van der Waals surface area contributed by atoms with Crippen molar-refractivity contribution in [2.24, 2.45) is 11.8 Å². The Morgan fingerprint density at radius 3 is 2.76 bits per heavy atom. The summed E-state index contributed by atoms with van der Waals surface area (Å²) < 4.78 is 0. The first-order chi connectivity index (χ1) is 10.2. The average Bonchev–Trinajstić information content (AvgIpc) is 2.93. The molecule has 2 fully saturated rings. The van der Waals surface area contributed by atoms with Crippen LogP contribution in [0.5, 0.6) is 0 Å². The number of aliphatic hydroxyl groups excluding tert-OH is 1. The molecule has 2 aliphatic rings. The first kappa shape index (κ1) is 14.9. The molecular formula is C14H22N4O2S. The Morgan fingerprint density at radius 2 is 2.10 bits per heavy atom. The summed E-state index contributed by atoms with van der Waals surface area (Å²) >= 11 is 1.45. The molecule has 116 valence electrons. The van der Waals surface area contributed by atoms with E-state index in [4.69, 9.17) is 0 Å². The highest BCUT2D eigenvalue weighted by Gasteiger charge is 2.41. The summed E-state index contributed by atoms with van der Waals surface area (Å²) in [7, 11) is 0. The molecule has 7 heteroatoms. The van der Waals surface area contributed by atoms with E-state index in [2.05, 4.69) is 27.3 Å². The minimum atomic E-state index is -0.163. The molecule has 6 nitrogen and oxygen atoms in total. The second kappa shape index (κ2) is 6.37. The fourth-order valence-electron chi connectivity index (χ4n) is 3.40. The van der Waals surface area contributed by atoms with E-state index < -0.39 is 0 Å². The van der Waals surface area contributed by atoms with Gasteiger partial charge in [0.05, 0.1) is 12.6 Å². The Morgan fingerprint density at radius 1 is 1.38 bits per heavy atom. The van der Waals surface area contributed by atoms with Crippen molar-refractivity contribution in [3.05, 3.63) is 5.01 Å². The first-order valence-corrected chi connectivity index (χ1v) is 8.50. The zero-order valence-electron chi connectivity index (χ0n) is 12.3. The number of hydrogen-bond acceptors (Lipinski definition) is 6. The SMILES string of the molecule is CCCc1nnc(NC(=O)CN2C[C@H]3CC[C@@H](C2)C3O)s1. The molecule has 0 spiro atoms. The number of hydrogen-bond donors (Lipinski definition) is 2. The maximum Gasteiger partial charge on any atom is 0.240 e. The van der Waals surface area contributed by atoms with Crippen LogP contribution in [0, 0.1) is 11.8 Å². The molecule has 1 amide bonds. The molecule has 1 aromatic rings. The van der Waals surface area contributed by atoms with Gasteiger partial charge in [0.15, 0.2) is 0 Å². The second-order valence-electron chi connectivity index (χ2n) is 6.08. The number of likely N-dealkylation sites (tertiary alicyclic amines) is 1. The molecule has 3 rings (SSSR count). The maximum atomic E-state index is 12.1. The number of fused-ring (bicyclic) bond motifs is 2. The largest absolute Gasteiger partial charge is 0.392 e. The van der Waals surface area contributed by atoms with E-state index in [-0.39, 0.29) is 12.0 Å². The van der Waals surface area contributed by atoms with Crippen LogP contribution in [0.25, 0.3) is 0 Å². The highest BCUT2D eigenvalue weighted by atomic mass is 32.1. The summed E-state index contributed by atoms with van der Waals surface area (Å²) in [5.41, 5.74) is 0. The van der Waals surface area contributed by atoms with E-state index >= 15 is 0 Å². The number of piperidine rings is 1. The lowest BCUT2D eigenvalue weighted by Gasteiger charge is -2.34. The van der Waals surface area contributed by atoms with Crippen molar-refractivity contribution in [1.82, 2.24) is 15.1 Å². The van der Waals surface area contributed by atoms with Crippen LogP contribution in [-0.4, -0.2) is 51.8 Å². The lowest BCUT2D eigenvalue weighted by molar-refractivity contribution is -0.118. The Balaban J connectivity index is 1.50. The third kappa shape index (κ3) is 3.41. The molecule has 2 heterocycles. The van der Waals surface area contributed by atoms with Crippen LogP contribution in [0.1, 0.15) is 31.2 Å². The number of nitrogens with zero attached hydrogens (tertiary/aromatic N) is 3.